The van der Waals surface area contributed by atoms with Gasteiger partial charge in [-0.3, -0.25) is 15.0 Å². The lowest BCUT2D eigenvalue weighted by molar-refractivity contribution is -0.386. The number of rotatable bonds is 6. The molecule has 1 fully saturated rings. The van der Waals surface area contributed by atoms with Gasteiger partial charge in [0, 0.05) is 36.8 Å². The van der Waals surface area contributed by atoms with Crippen molar-refractivity contribution >= 4 is 46.6 Å². The molecule has 1 saturated heterocycles. The lowest BCUT2D eigenvalue weighted by Crippen LogP contribution is -2.53. The van der Waals surface area contributed by atoms with Gasteiger partial charge in [0.2, 0.25) is 0 Å². The maximum Gasteiger partial charge on any atom is 0.312 e. The Morgan fingerprint density at radius 2 is 1.81 bits per heavy atom. The fraction of sp³-hybridized carbons (Fsp3) is 0.222. The van der Waals surface area contributed by atoms with Crippen LogP contribution in [0.5, 0.6) is 5.75 Å². The minimum Gasteiger partial charge on any atom is -0.481 e. The van der Waals surface area contributed by atoms with Crippen molar-refractivity contribution in [3.05, 3.63) is 73.2 Å². The van der Waals surface area contributed by atoms with Crippen LogP contribution >= 0.6 is 34.8 Å². The number of ether oxygens (including phenoxy) is 1. The van der Waals surface area contributed by atoms with E-state index in [9.17, 15) is 10.1 Å². The van der Waals surface area contributed by atoms with E-state index in [2.05, 4.69) is 11.0 Å². The molecule has 1 aliphatic rings. The minimum absolute atomic E-state index is 0.116. The normalized spacial score (nSPS) is 15.2. The Kier molecular flexibility index (Phi) is 6.04. The summed E-state index contributed by atoms with van der Waals surface area (Å²) < 4.78 is 5.72. The first-order valence-corrected chi connectivity index (χ1v) is 9.00. The van der Waals surface area contributed by atoms with Crippen LogP contribution in [0.25, 0.3) is 6.08 Å². The average molecular weight is 414 g/mol. The van der Waals surface area contributed by atoms with Crippen molar-refractivity contribution in [2.45, 2.75) is 6.10 Å². The lowest BCUT2D eigenvalue weighted by Gasteiger charge is -2.38. The fourth-order valence-corrected chi connectivity index (χ4v) is 3.03. The first kappa shape index (κ1) is 19.0. The van der Waals surface area contributed by atoms with E-state index >= 15 is 0 Å². The van der Waals surface area contributed by atoms with Crippen molar-refractivity contribution in [2.75, 3.05) is 19.6 Å². The highest BCUT2D eigenvalue weighted by atomic mass is 35.5. The zero-order valence-corrected chi connectivity index (χ0v) is 15.8. The largest absolute Gasteiger partial charge is 0.481 e. The third kappa shape index (κ3) is 4.68. The van der Waals surface area contributed by atoms with Gasteiger partial charge in [0.25, 0.3) is 0 Å². The molecule has 0 bridgehead atoms. The first-order valence-electron chi connectivity index (χ1n) is 7.87. The van der Waals surface area contributed by atoms with Crippen LogP contribution < -0.4 is 4.74 Å². The van der Waals surface area contributed by atoms with Crippen LogP contribution in [-0.4, -0.2) is 35.6 Å². The molecule has 8 heteroatoms. The van der Waals surface area contributed by atoms with Gasteiger partial charge in [-0.05, 0) is 17.7 Å². The molecule has 2 aromatic rings. The van der Waals surface area contributed by atoms with E-state index in [0.717, 1.165) is 12.1 Å². The second-order valence-corrected chi connectivity index (χ2v) is 7.15. The highest BCUT2D eigenvalue weighted by Gasteiger charge is 2.30. The molecular formula is C18H15Cl3N2O3. The maximum atomic E-state index is 11.1. The second-order valence-electron chi connectivity index (χ2n) is 5.90. The molecule has 3 rings (SSSR count). The molecule has 2 aromatic carbocycles. The smallest absolute Gasteiger partial charge is 0.312 e. The molecule has 5 nitrogen and oxygen atoms in total. The topological polar surface area (TPSA) is 55.6 Å². The van der Waals surface area contributed by atoms with Crippen LogP contribution in [0.15, 0.2) is 42.5 Å². The van der Waals surface area contributed by atoms with Gasteiger partial charge in [0.15, 0.2) is 5.75 Å². The standard InChI is InChI=1S/C18H15Cl3N2O3/c19-13-5-3-12(4-6-13)2-1-7-22-10-14(11-22)26-18-9-16(21)15(20)8-17(18)23(24)25/h1-6,8-9,14H,7,10-11H2. The zero-order chi connectivity index (χ0) is 18.7. The molecule has 0 spiro atoms. The van der Waals surface area contributed by atoms with Gasteiger partial charge >= 0.3 is 5.69 Å². The maximum absolute atomic E-state index is 11.1. The van der Waals surface area contributed by atoms with Crippen molar-refractivity contribution < 1.29 is 9.66 Å². The van der Waals surface area contributed by atoms with Gasteiger partial charge in [-0.2, -0.15) is 0 Å². The van der Waals surface area contributed by atoms with Crippen molar-refractivity contribution in [1.82, 2.24) is 4.90 Å². The van der Waals surface area contributed by atoms with Crippen molar-refractivity contribution in [1.29, 1.82) is 0 Å². The van der Waals surface area contributed by atoms with E-state index in [1.165, 1.54) is 12.1 Å². The Balaban J connectivity index is 1.52. The Bertz CT molecular complexity index is 834. The summed E-state index contributed by atoms with van der Waals surface area (Å²) in [4.78, 5) is 12.8. The SMILES string of the molecule is O=[N+]([O-])c1cc(Cl)c(Cl)cc1OC1CN(CC=Cc2ccc(Cl)cc2)C1. The van der Waals surface area contributed by atoms with Crippen LogP contribution in [0, 0.1) is 10.1 Å². The van der Waals surface area contributed by atoms with Gasteiger partial charge < -0.3 is 4.74 Å². The Labute approximate surface area is 165 Å². The molecule has 0 unspecified atom stereocenters. The summed E-state index contributed by atoms with van der Waals surface area (Å²) in [6.07, 6.45) is 3.96. The van der Waals surface area contributed by atoms with Crippen molar-refractivity contribution in [3.8, 4) is 5.75 Å². The number of nitro groups is 1. The van der Waals surface area contributed by atoms with E-state index < -0.39 is 4.92 Å². The predicted octanol–water partition coefficient (Wildman–Crippen LogP) is 5.33. The lowest BCUT2D eigenvalue weighted by atomic mass is 10.1. The summed E-state index contributed by atoms with van der Waals surface area (Å²) in [5, 5.41) is 12.2. The molecule has 0 aromatic heterocycles. The Morgan fingerprint density at radius 3 is 2.46 bits per heavy atom. The van der Waals surface area contributed by atoms with Crippen molar-refractivity contribution in [2.24, 2.45) is 0 Å². The molecule has 26 heavy (non-hydrogen) atoms. The third-order valence-electron chi connectivity index (χ3n) is 3.96. The van der Waals surface area contributed by atoms with Gasteiger partial charge in [-0.15, -0.1) is 0 Å². The van der Waals surface area contributed by atoms with Gasteiger partial charge in [-0.25, -0.2) is 0 Å². The first-order chi connectivity index (χ1) is 12.4. The van der Waals surface area contributed by atoms with E-state index in [4.69, 9.17) is 39.5 Å². The molecular weight excluding hydrogens is 399 g/mol. The zero-order valence-electron chi connectivity index (χ0n) is 13.6. The van der Waals surface area contributed by atoms with Gasteiger partial charge in [-0.1, -0.05) is 59.1 Å². The van der Waals surface area contributed by atoms with Crippen LogP contribution in [-0.2, 0) is 0 Å². The predicted molar refractivity (Wildman–Crippen MR) is 104 cm³/mol. The van der Waals surface area contributed by atoms with Crippen LogP contribution in [0.4, 0.5) is 5.69 Å². The van der Waals surface area contributed by atoms with Gasteiger partial charge in [0.1, 0.15) is 6.10 Å². The molecule has 0 radical (unpaired) electrons. The number of nitro benzene ring substituents is 1. The van der Waals surface area contributed by atoms with E-state index in [1.807, 2.05) is 30.3 Å². The second kappa shape index (κ2) is 8.27. The highest BCUT2D eigenvalue weighted by molar-refractivity contribution is 6.42. The fourth-order valence-electron chi connectivity index (χ4n) is 2.59. The number of halogens is 3. The summed E-state index contributed by atoms with van der Waals surface area (Å²) in [5.41, 5.74) is 0.898. The number of hydrogen-bond acceptors (Lipinski definition) is 4. The Hall–Kier alpha value is -1.79. The average Bonchev–Trinajstić information content (AvgIpc) is 2.56. The number of nitrogens with zero attached hydrogens (tertiary/aromatic N) is 2. The Morgan fingerprint density at radius 1 is 1.15 bits per heavy atom. The summed E-state index contributed by atoms with van der Waals surface area (Å²) >= 11 is 17.6. The minimum atomic E-state index is -0.525. The van der Waals surface area contributed by atoms with Gasteiger partial charge in [0.05, 0.1) is 15.0 Å². The summed E-state index contributed by atoms with van der Waals surface area (Å²) in [6, 6.07) is 10.2. The monoisotopic (exact) mass is 412 g/mol. The molecule has 1 heterocycles. The molecule has 0 aliphatic carbocycles. The molecule has 0 amide bonds. The molecule has 0 atom stereocenters. The summed E-state index contributed by atoms with van der Waals surface area (Å²) in [7, 11) is 0. The van der Waals surface area contributed by atoms with Crippen LogP contribution in [0.2, 0.25) is 15.1 Å². The van der Waals surface area contributed by atoms with Crippen LogP contribution in [0.3, 0.4) is 0 Å². The van der Waals surface area contributed by atoms with E-state index in [-0.39, 0.29) is 27.6 Å². The van der Waals surface area contributed by atoms with Crippen LogP contribution in [0.1, 0.15) is 5.56 Å². The number of hydrogen-bond donors (Lipinski definition) is 0. The van der Waals surface area contributed by atoms with Crippen molar-refractivity contribution in [3.63, 3.8) is 0 Å². The van der Waals surface area contributed by atoms with E-state index in [0.29, 0.717) is 18.1 Å². The number of benzene rings is 2. The highest BCUT2D eigenvalue weighted by Crippen LogP contribution is 2.36. The number of likely N-dealkylation sites (tertiary alicyclic amines) is 1. The molecule has 0 saturated carbocycles. The van der Waals surface area contributed by atoms with E-state index in [1.54, 1.807) is 0 Å². The molecule has 0 N–H and O–H groups in total. The molecule has 1 aliphatic heterocycles. The molecule has 136 valence electrons. The quantitative estimate of drug-likeness (QED) is 0.474. The summed E-state index contributed by atoms with van der Waals surface area (Å²) in [5.74, 6) is 0.144. The summed E-state index contributed by atoms with van der Waals surface area (Å²) in [6.45, 7) is 2.14. The third-order valence-corrected chi connectivity index (χ3v) is 4.93.